The van der Waals surface area contributed by atoms with Gasteiger partial charge in [-0.1, -0.05) is 34.6 Å². The predicted molar refractivity (Wildman–Crippen MR) is 100 cm³/mol. The van der Waals surface area contributed by atoms with Crippen LogP contribution in [0.25, 0.3) is 0 Å². The van der Waals surface area contributed by atoms with E-state index < -0.39 is 6.10 Å². The van der Waals surface area contributed by atoms with Gasteiger partial charge in [-0.15, -0.1) is 0 Å². The molecular weight excluding hydrogens is 314 g/mol. The van der Waals surface area contributed by atoms with Crippen LogP contribution in [0.4, 0.5) is 0 Å². The van der Waals surface area contributed by atoms with Crippen LogP contribution in [0, 0.1) is 17.8 Å². The van der Waals surface area contributed by atoms with Crippen molar-refractivity contribution in [2.75, 3.05) is 13.2 Å². The van der Waals surface area contributed by atoms with Gasteiger partial charge in [-0.3, -0.25) is 0 Å². The smallest absolute Gasteiger partial charge is 0.133 e. The summed E-state index contributed by atoms with van der Waals surface area (Å²) in [5.41, 5.74) is 0.907. The van der Waals surface area contributed by atoms with E-state index in [9.17, 15) is 10.2 Å². The first-order valence-electron chi connectivity index (χ1n) is 9.57. The Kier molecular flexibility index (Phi) is 6.94. The largest absolute Gasteiger partial charge is 0.396 e. The van der Waals surface area contributed by atoms with Crippen LogP contribution < -0.4 is 5.32 Å². The van der Waals surface area contributed by atoms with Gasteiger partial charge in [-0.25, -0.2) is 9.97 Å². The summed E-state index contributed by atoms with van der Waals surface area (Å²) in [6.45, 7) is 11.7. The molecule has 1 saturated carbocycles. The van der Waals surface area contributed by atoms with Crippen molar-refractivity contribution in [2.24, 2.45) is 17.8 Å². The third-order valence-electron chi connectivity index (χ3n) is 5.22. The van der Waals surface area contributed by atoms with E-state index in [-0.39, 0.29) is 29.9 Å². The number of nitrogens with zero attached hydrogens (tertiary/aromatic N) is 2. The van der Waals surface area contributed by atoms with Crippen LogP contribution >= 0.6 is 0 Å². The van der Waals surface area contributed by atoms with Crippen LogP contribution in [0.5, 0.6) is 0 Å². The number of aliphatic hydroxyl groups is 2. The van der Waals surface area contributed by atoms with Crippen molar-refractivity contribution in [3.63, 3.8) is 0 Å². The third kappa shape index (κ3) is 5.47. The topological polar surface area (TPSA) is 78.3 Å². The molecule has 25 heavy (non-hydrogen) atoms. The molecule has 4 unspecified atom stereocenters. The summed E-state index contributed by atoms with van der Waals surface area (Å²) in [4.78, 5) is 9.14. The predicted octanol–water partition coefficient (Wildman–Crippen LogP) is 2.31. The van der Waals surface area contributed by atoms with Crippen LogP contribution in [0.3, 0.4) is 0 Å². The molecule has 0 bridgehead atoms. The molecule has 5 heteroatoms. The van der Waals surface area contributed by atoms with Crippen molar-refractivity contribution in [1.82, 2.24) is 15.3 Å². The SMILES string of the molecule is CC(C)CCNC1CC(O)C(CO)C1Cc1ccnc(C(C)(C)C)n1. The number of hydrogen-bond acceptors (Lipinski definition) is 5. The Morgan fingerprint density at radius 3 is 2.60 bits per heavy atom. The minimum atomic E-state index is -0.449. The van der Waals surface area contributed by atoms with Gasteiger partial charge in [0.1, 0.15) is 5.82 Å². The van der Waals surface area contributed by atoms with Crippen molar-refractivity contribution in [1.29, 1.82) is 0 Å². The fourth-order valence-electron chi connectivity index (χ4n) is 3.65. The average Bonchev–Trinajstić information content (AvgIpc) is 2.81. The molecule has 1 heterocycles. The molecule has 1 aliphatic rings. The van der Waals surface area contributed by atoms with E-state index in [1.165, 1.54) is 0 Å². The summed E-state index contributed by atoms with van der Waals surface area (Å²) in [6.07, 6.45) is 3.95. The summed E-state index contributed by atoms with van der Waals surface area (Å²) in [5, 5.41) is 23.8. The first-order chi connectivity index (χ1) is 11.7. The van der Waals surface area contributed by atoms with E-state index in [1.54, 1.807) is 0 Å². The Balaban J connectivity index is 2.12. The fraction of sp³-hybridized carbons (Fsp3) is 0.800. The third-order valence-corrected chi connectivity index (χ3v) is 5.22. The average molecular weight is 350 g/mol. The van der Waals surface area contributed by atoms with Gasteiger partial charge in [0, 0.05) is 35.9 Å². The molecule has 1 aliphatic carbocycles. The van der Waals surface area contributed by atoms with E-state index in [0.717, 1.165) is 30.9 Å². The zero-order valence-electron chi connectivity index (χ0n) is 16.4. The summed E-state index contributed by atoms with van der Waals surface area (Å²) in [7, 11) is 0. The highest BCUT2D eigenvalue weighted by Crippen LogP contribution is 2.35. The molecular formula is C20H35N3O2. The molecule has 0 saturated heterocycles. The lowest BCUT2D eigenvalue weighted by molar-refractivity contribution is 0.0715. The molecule has 1 fully saturated rings. The second-order valence-electron chi connectivity index (χ2n) is 8.88. The molecule has 1 aromatic rings. The van der Waals surface area contributed by atoms with Gasteiger partial charge in [-0.05, 0) is 43.7 Å². The molecule has 2 rings (SSSR count). The van der Waals surface area contributed by atoms with Gasteiger partial charge in [-0.2, -0.15) is 0 Å². The van der Waals surface area contributed by atoms with E-state index in [4.69, 9.17) is 4.98 Å². The summed E-state index contributed by atoms with van der Waals surface area (Å²) in [5.74, 6) is 1.59. The second kappa shape index (κ2) is 8.56. The minimum Gasteiger partial charge on any atom is -0.396 e. The van der Waals surface area contributed by atoms with Crippen LogP contribution in [0.15, 0.2) is 12.3 Å². The Bertz CT molecular complexity index is 542. The second-order valence-corrected chi connectivity index (χ2v) is 8.88. The van der Waals surface area contributed by atoms with Gasteiger partial charge in [0.05, 0.1) is 6.10 Å². The molecule has 1 aromatic heterocycles. The van der Waals surface area contributed by atoms with E-state index >= 15 is 0 Å². The number of hydrogen-bond donors (Lipinski definition) is 3. The Morgan fingerprint density at radius 1 is 1.28 bits per heavy atom. The fourth-order valence-corrected chi connectivity index (χ4v) is 3.65. The zero-order valence-corrected chi connectivity index (χ0v) is 16.4. The van der Waals surface area contributed by atoms with E-state index in [2.05, 4.69) is 44.9 Å². The molecule has 0 spiro atoms. The summed E-state index contributed by atoms with van der Waals surface area (Å²) < 4.78 is 0. The summed E-state index contributed by atoms with van der Waals surface area (Å²) >= 11 is 0. The molecule has 3 N–H and O–H groups in total. The van der Waals surface area contributed by atoms with Crippen LogP contribution in [0.1, 0.15) is 59.0 Å². The maximum atomic E-state index is 10.4. The normalized spacial score (nSPS) is 27.2. The monoisotopic (exact) mass is 349 g/mol. The molecule has 0 aromatic carbocycles. The van der Waals surface area contributed by atoms with Crippen molar-refractivity contribution in [3.05, 3.63) is 23.8 Å². The maximum absolute atomic E-state index is 10.4. The van der Waals surface area contributed by atoms with Gasteiger partial charge in [0.15, 0.2) is 0 Å². The first kappa shape index (κ1) is 20.3. The van der Waals surface area contributed by atoms with Gasteiger partial charge in [0.25, 0.3) is 0 Å². The van der Waals surface area contributed by atoms with Crippen LogP contribution in [-0.4, -0.2) is 45.5 Å². The van der Waals surface area contributed by atoms with Crippen LogP contribution in [-0.2, 0) is 11.8 Å². The van der Waals surface area contributed by atoms with Gasteiger partial charge < -0.3 is 15.5 Å². The Morgan fingerprint density at radius 2 is 2.00 bits per heavy atom. The van der Waals surface area contributed by atoms with Crippen LogP contribution in [0.2, 0.25) is 0 Å². The first-order valence-corrected chi connectivity index (χ1v) is 9.57. The van der Waals surface area contributed by atoms with Gasteiger partial charge in [0.2, 0.25) is 0 Å². The van der Waals surface area contributed by atoms with Gasteiger partial charge >= 0.3 is 0 Å². The number of nitrogens with one attached hydrogen (secondary N) is 1. The number of aliphatic hydroxyl groups excluding tert-OH is 2. The maximum Gasteiger partial charge on any atom is 0.133 e. The molecule has 0 amide bonds. The van der Waals surface area contributed by atoms with Crippen molar-refractivity contribution in [2.45, 2.75) is 71.4 Å². The van der Waals surface area contributed by atoms with Crippen molar-refractivity contribution < 1.29 is 10.2 Å². The highest BCUT2D eigenvalue weighted by molar-refractivity contribution is 5.11. The van der Waals surface area contributed by atoms with Crippen molar-refractivity contribution in [3.8, 4) is 0 Å². The lowest BCUT2D eigenvalue weighted by Gasteiger charge is -2.26. The molecule has 5 nitrogen and oxygen atoms in total. The lowest BCUT2D eigenvalue weighted by atomic mass is 9.88. The lowest BCUT2D eigenvalue weighted by Crippen LogP contribution is -2.37. The Labute approximate surface area is 152 Å². The minimum absolute atomic E-state index is 0.0193. The molecule has 0 radical (unpaired) electrons. The highest BCUT2D eigenvalue weighted by atomic mass is 16.3. The molecule has 0 aliphatic heterocycles. The molecule has 4 atom stereocenters. The highest BCUT2D eigenvalue weighted by Gasteiger charge is 2.42. The number of aromatic nitrogens is 2. The zero-order chi connectivity index (χ0) is 18.6. The number of rotatable bonds is 7. The van der Waals surface area contributed by atoms with Crippen molar-refractivity contribution >= 4 is 0 Å². The quantitative estimate of drug-likeness (QED) is 0.704. The summed E-state index contributed by atoms with van der Waals surface area (Å²) in [6, 6.07) is 2.18. The molecule has 142 valence electrons. The Hall–Kier alpha value is -1.04. The van der Waals surface area contributed by atoms with E-state index in [0.29, 0.717) is 12.3 Å². The van der Waals surface area contributed by atoms with E-state index in [1.807, 2.05) is 12.3 Å². The standard InChI is InChI=1S/C20H35N3O2/c1-13(2)6-8-21-17-11-18(25)16(12-24)15(17)10-14-7-9-22-19(23-14)20(3,4)5/h7,9,13,15-18,21,24-25H,6,8,10-12H2,1-5H3.